The first-order valence-electron chi connectivity index (χ1n) is 7.08. The van der Waals surface area contributed by atoms with E-state index in [0.29, 0.717) is 0 Å². The van der Waals surface area contributed by atoms with Gasteiger partial charge in [-0.3, -0.25) is 9.59 Å². The molecule has 6 nitrogen and oxygen atoms in total. The van der Waals surface area contributed by atoms with E-state index < -0.39 is 24.0 Å². The lowest BCUT2D eigenvalue weighted by atomic mass is 10.2. The van der Waals surface area contributed by atoms with Crippen molar-refractivity contribution < 1.29 is 29.0 Å². The van der Waals surface area contributed by atoms with Gasteiger partial charge >= 0.3 is 11.9 Å². The van der Waals surface area contributed by atoms with Gasteiger partial charge in [-0.05, 0) is 5.56 Å². The zero-order valence-corrected chi connectivity index (χ0v) is 13.9. The molecule has 0 bridgehead atoms. The third-order valence-corrected chi connectivity index (χ3v) is 3.93. The molecule has 1 N–H and O–H groups in total. The van der Waals surface area contributed by atoms with E-state index in [1.807, 2.05) is 30.3 Å². The van der Waals surface area contributed by atoms with Crippen molar-refractivity contribution >= 4 is 28.8 Å². The Labute approximate surface area is 139 Å². The quantitative estimate of drug-likeness (QED) is 0.689. The lowest BCUT2D eigenvalue weighted by molar-refractivity contribution is -0.170. The summed E-state index contributed by atoms with van der Waals surface area (Å²) in [7, 11) is 0. The fraction of sp³-hybridized carbons (Fsp3) is 0.438. The van der Waals surface area contributed by atoms with Crippen LogP contribution in [-0.4, -0.2) is 40.6 Å². The van der Waals surface area contributed by atoms with Crippen LogP contribution in [-0.2, 0) is 30.5 Å². The van der Waals surface area contributed by atoms with Crippen molar-refractivity contribution in [2.24, 2.45) is 5.92 Å². The molecule has 0 radical (unpaired) electrons. The van der Waals surface area contributed by atoms with Crippen LogP contribution >= 0.6 is 11.8 Å². The zero-order chi connectivity index (χ0) is 17.2. The summed E-state index contributed by atoms with van der Waals surface area (Å²) >= 11 is 1.000. The van der Waals surface area contributed by atoms with Crippen LogP contribution in [0.5, 0.6) is 0 Å². The molecule has 0 aromatic heterocycles. The van der Waals surface area contributed by atoms with E-state index in [9.17, 15) is 14.4 Å². The highest BCUT2D eigenvalue weighted by molar-refractivity contribution is 8.13. The Balaban J connectivity index is 2.43. The van der Waals surface area contributed by atoms with Gasteiger partial charge in [0.1, 0.15) is 0 Å². The number of benzene rings is 1. The van der Waals surface area contributed by atoms with Crippen LogP contribution in [0.3, 0.4) is 0 Å². The number of carboxylic acid groups (broad SMARTS) is 1. The summed E-state index contributed by atoms with van der Waals surface area (Å²) in [6.07, 6.45) is -1.36. The molecule has 0 saturated heterocycles. The van der Waals surface area contributed by atoms with Crippen LogP contribution < -0.4 is 0 Å². The van der Waals surface area contributed by atoms with E-state index >= 15 is 0 Å². The summed E-state index contributed by atoms with van der Waals surface area (Å²) in [4.78, 5) is 33.9. The predicted molar refractivity (Wildman–Crippen MR) is 85.9 cm³/mol. The normalized spacial score (nSPS) is 13.1. The van der Waals surface area contributed by atoms with E-state index in [4.69, 9.17) is 14.6 Å². The van der Waals surface area contributed by atoms with Crippen LogP contribution in [0.2, 0.25) is 0 Å². The average Bonchev–Trinajstić information content (AvgIpc) is 2.52. The summed E-state index contributed by atoms with van der Waals surface area (Å²) in [5, 5.41) is 9.00. The monoisotopic (exact) mass is 340 g/mol. The molecular formula is C16H20O6S. The van der Waals surface area contributed by atoms with Gasteiger partial charge in [0.25, 0.3) is 0 Å². The van der Waals surface area contributed by atoms with E-state index in [0.717, 1.165) is 17.3 Å². The second kappa shape index (κ2) is 10.0. The summed E-state index contributed by atoms with van der Waals surface area (Å²) in [6.45, 7) is 2.99. The number of thioether (sulfide) groups is 1. The molecule has 0 aliphatic carbocycles. The topological polar surface area (TPSA) is 89.9 Å². The number of aliphatic carboxylic acids is 1. The molecule has 126 valence electrons. The van der Waals surface area contributed by atoms with E-state index in [1.54, 1.807) is 6.92 Å². The smallest absolute Gasteiger partial charge is 0.347 e. The van der Waals surface area contributed by atoms with Crippen LogP contribution in [0, 0.1) is 5.92 Å². The van der Waals surface area contributed by atoms with Crippen LogP contribution in [0.25, 0.3) is 0 Å². The predicted octanol–water partition coefficient (Wildman–Crippen LogP) is 2.12. The Hall–Kier alpha value is -1.86. The van der Waals surface area contributed by atoms with E-state index in [-0.39, 0.29) is 24.1 Å². The Morgan fingerprint density at radius 3 is 2.43 bits per heavy atom. The number of carbonyl (C=O) groups excluding carboxylic acids is 2. The lowest BCUT2D eigenvalue weighted by Crippen LogP contribution is -2.34. The molecule has 0 fully saturated rings. The molecule has 2 atom stereocenters. The number of hydrogen-bond acceptors (Lipinski definition) is 6. The highest BCUT2D eigenvalue weighted by atomic mass is 32.2. The van der Waals surface area contributed by atoms with Crippen molar-refractivity contribution in [3.8, 4) is 0 Å². The first-order chi connectivity index (χ1) is 10.9. The number of ether oxygens (including phenoxy) is 2. The van der Waals surface area contributed by atoms with Gasteiger partial charge in [0.15, 0.2) is 5.12 Å². The first-order valence-corrected chi connectivity index (χ1v) is 8.07. The second-order valence-electron chi connectivity index (χ2n) is 4.97. The van der Waals surface area contributed by atoms with Crippen molar-refractivity contribution in [2.45, 2.75) is 26.6 Å². The van der Waals surface area contributed by atoms with Gasteiger partial charge in [-0.2, -0.15) is 0 Å². The van der Waals surface area contributed by atoms with Gasteiger partial charge in [-0.1, -0.05) is 49.0 Å². The average molecular weight is 340 g/mol. The van der Waals surface area contributed by atoms with Gasteiger partial charge in [0.2, 0.25) is 6.10 Å². The van der Waals surface area contributed by atoms with Crippen LogP contribution in [0.15, 0.2) is 30.3 Å². The van der Waals surface area contributed by atoms with Gasteiger partial charge < -0.3 is 14.6 Å². The second-order valence-corrected chi connectivity index (χ2v) is 6.17. The van der Waals surface area contributed by atoms with Gasteiger partial charge in [0, 0.05) is 12.7 Å². The summed E-state index contributed by atoms with van der Waals surface area (Å²) < 4.78 is 10.3. The van der Waals surface area contributed by atoms with Crippen molar-refractivity contribution in [1.29, 1.82) is 0 Å². The first kappa shape index (κ1) is 19.2. The maximum Gasteiger partial charge on any atom is 0.347 e. The molecule has 1 rings (SSSR count). The van der Waals surface area contributed by atoms with Gasteiger partial charge in [-0.15, -0.1) is 0 Å². The van der Waals surface area contributed by atoms with Crippen molar-refractivity contribution in [1.82, 2.24) is 0 Å². The SMILES string of the molecule is CC(=O)SC[C@@H](C)C(=O)O[C@@H](COCc1ccccc1)C(=O)O. The minimum atomic E-state index is -1.36. The van der Waals surface area contributed by atoms with Crippen molar-refractivity contribution in [3.63, 3.8) is 0 Å². The summed E-state index contributed by atoms with van der Waals surface area (Å²) in [6, 6.07) is 9.26. The van der Waals surface area contributed by atoms with Crippen LogP contribution in [0.4, 0.5) is 0 Å². The molecule has 0 spiro atoms. The van der Waals surface area contributed by atoms with Gasteiger partial charge in [0.05, 0.1) is 19.1 Å². The maximum absolute atomic E-state index is 11.8. The molecule has 0 amide bonds. The molecule has 1 aromatic carbocycles. The molecule has 0 heterocycles. The number of esters is 1. The zero-order valence-electron chi connectivity index (χ0n) is 13.1. The van der Waals surface area contributed by atoms with E-state index in [1.165, 1.54) is 6.92 Å². The number of hydrogen-bond donors (Lipinski definition) is 1. The lowest BCUT2D eigenvalue weighted by Gasteiger charge is -2.16. The highest BCUT2D eigenvalue weighted by Crippen LogP contribution is 2.12. The number of carbonyl (C=O) groups is 3. The molecule has 1 aromatic rings. The molecule has 0 unspecified atom stereocenters. The Morgan fingerprint density at radius 1 is 1.22 bits per heavy atom. The Morgan fingerprint density at radius 2 is 1.87 bits per heavy atom. The standard InChI is InChI=1S/C16H20O6S/c1-11(10-23-12(2)17)16(20)22-14(15(18)19)9-21-8-13-6-4-3-5-7-13/h3-7,11,14H,8-10H2,1-2H3,(H,18,19)/t11-,14+/m1/s1. The largest absolute Gasteiger partial charge is 0.478 e. The van der Waals surface area contributed by atoms with Gasteiger partial charge in [-0.25, -0.2) is 4.79 Å². The van der Waals surface area contributed by atoms with E-state index in [2.05, 4.69) is 0 Å². The third kappa shape index (κ3) is 7.80. The molecule has 0 aliphatic rings. The number of rotatable bonds is 9. The molecule has 23 heavy (non-hydrogen) atoms. The molecule has 0 saturated carbocycles. The summed E-state index contributed by atoms with van der Waals surface area (Å²) in [5.74, 6) is -2.24. The molecule has 7 heteroatoms. The maximum atomic E-state index is 11.8. The third-order valence-electron chi connectivity index (χ3n) is 2.85. The molecular weight excluding hydrogens is 320 g/mol. The Bertz CT molecular complexity index is 531. The minimum Gasteiger partial charge on any atom is -0.478 e. The van der Waals surface area contributed by atoms with Crippen LogP contribution in [0.1, 0.15) is 19.4 Å². The number of carboxylic acids is 1. The Kier molecular flexibility index (Phi) is 8.36. The fourth-order valence-corrected chi connectivity index (χ4v) is 2.20. The highest BCUT2D eigenvalue weighted by Gasteiger charge is 2.25. The minimum absolute atomic E-state index is 0.106. The summed E-state index contributed by atoms with van der Waals surface area (Å²) in [5.41, 5.74) is 0.897. The fourth-order valence-electron chi connectivity index (χ4n) is 1.58. The van der Waals surface area contributed by atoms with Crippen molar-refractivity contribution in [2.75, 3.05) is 12.4 Å². The molecule has 0 aliphatic heterocycles. The van der Waals surface area contributed by atoms with Crippen molar-refractivity contribution in [3.05, 3.63) is 35.9 Å².